The van der Waals surface area contributed by atoms with Crippen LogP contribution in [0.5, 0.6) is 0 Å². The van der Waals surface area contributed by atoms with Crippen LogP contribution in [0.4, 0.5) is 0 Å². The molecular formula is C7H14N2O. The SMILES string of the molecule is CN1CCCN=C1CCO. The molecule has 0 amide bonds. The van der Waals surface area contributed by atoms with Crippen LogP contribution in [-0.4, -0.2) is 42.6 Å². The lowest BCUT2D eigenvalue weighted by Crippen LogP contribution is -2.32. The zero-order chi connectivity index (χ0) is 7.40. The van der Waals surface area contributed by atoms with Crippen molar-refractivity contribution in [1.29, 1.82) is 0 Å². The standard InChI is InChI=1S/C7H14N2O/c1-9-5-2-4-8-7(9)3-6-10/h10H,2-6H2,1H3. The Morgan fingerprint density at radius 3 is 3.10 bits per heavy atom. The molecule has 0 atom stereocenters. The van der Waals surface area contributed by atoms with E-state index >= 15 is 0 Å². The van der Waals surface area contributed by atoms with Crippen LogP contribution < -0.4 is 0 Å². The van der Waals surface area contributed by atoms with Crippen molar-refractivity contribution >= 4 is 5.84 Å². The van der Waals surface area contributed by atoms with Crippen LogP contribution >= 0.6 is 0 Å². The van der Waals surface area contributed by atoms with Crippen molar-refractivity contribution in [2.75, 3.05) is 26.7 Å². The average Bonchev–Trinajstić information content (AvgIpc) is 1.94. The fraction of sp³-hybridized carbons (Fsp3) is 0.857. The number of amidine groups is 1. The summed E-state index contributed by atoms with van der Waals surface area (Å²) in [6.45, 7) is 2.22. The third kappa shape index (κ3) is 1.70. The molecule has 0 unspecified atom stereocenters. The van der Waals surface area contributed by atoms with Crippen molar-refractivity contribution in [3.05, 3.63) is 0 Å². The first kappa shape index (κ1) is 7.54. The minimum absolute atomic E-state index is 0.211. The lowest BCUT2D eigenvalue weighted by Gasteiger charge is -2.24. The third-order valence-corrected chi connectivity index (χ3v) is 1.72. The summed E-state index contributed by atoms with van der Waals surface area (Å²) in [5, 5.41) is 8.63. The van der Waals surface area contributed by atoms with E-state index in [1.165, 1.54) is 0 Å². The van der Waals surface area contributed by atoms with Crippen molar-refractivity contribution < 1.29 is 5.11 Å². The second kappa shape index (κ2) is 3.56. The van der Waals surface area contributed by atoms with Gasteiger partial charge in [-0.3, -0.25) is 4.99 Å². The lowest BCUT2D eigenvalue weighted by molar-refractivity contribution is 0.299. The van der Waals surface area contributed by atoms with Gasteiger partial charge < -0.3 is 10.0 Å². The molecule has 0 saturated heterocycles. The van der Waals surface area contributed by atoms with Crippen LogP contribution in [0, 0.1) is 0 Å². The Morgan fingerprint density at radius 1 is 1.70 bits per heavy atom. The first-order valence-electron chi connectivity index (χ1n) is 3.70. The summed E-state index contributed by atoms with van der Waals surface area (Å²) in [7, 11) is 2.02. The molecule has 0 aromatic rings. The van der Waals surface area contributed by atoms with Gasteiger partial charge in [0, 0.05) is 26.6 Å². The molecule has 0 spiro atoms. The van der Waals surface area contributed by atoms with E-state index in [-0.39, 0.29) is 6.61 Å². The molecule has 0 aliphatic carbocycles. The summed E-state index contributed by atoms with van der Waals surface area (Å²) >= 11 is 0. The summed E-state index contributed by atoms with van der Waals surface area (Å²) in [6, 6.07) is 0. The maximum atomic E-state index is 8.63. The maximum Gasteiger partial charge on any atom is 0.101 e. The van der Waals surface area contributed by atoms with Crippen LogP contribution in [-0.2, 0) is 0 Å². The Hall–Kier alpha value is -0.570. The minimum Gasteiger partial charge on any atom is -0.396 e. The first-order valence-corrected chi connectivity index (χ1v) is 3.70. The number of rotatable bonds is 2. The molecule has 58 valence electrons. The zero-order valence-electron chi connectivity index (χ0n) is 6.38. The second-order valence-corrected chi connectivity index (χ2v) is 2.55. The molecule has 3 nitrogen and oxygen atoms in total. The topological polar surface area (TPSA) is 35.8 Å². The van der Waals surface area contributed by atoms with Gasteiger partial charge in [-0.25, -0.2) is 0 Å². The zero-order valence-corrected chi connectivity index (χ0v) is 6.38. The fourth-order valence-electron chi connectivity index (χ4n) is 1.14. The van der Waals surface area contributed by atoms with Crippen molar-refractivity contribution in [1.82, 2.24) is 4.90 Å². The van der Waals surface area contributed by atoms with Gasteiger partial charge in [0.2, 0.25) is 0 Å². The Morgan fingerprint density at radius 2 is 2.50 bits per heavy atom. The number of hydrogen-bond acceptors (Lipinski definition) is 3. The monoisotopic (exact) mass is 142 g/mol. The van der Waals surface area contributed by atoms with E-state index in [0.717, 1.165) is 25.3 Å². The molecule has 0 aromatic heterocycles. The number of hydrogen-bond donors (Lipinski definition) is 1. The Balaban J connectivity index is 2.44. The molecule has 1 heterocycles. The molecule has 0 aromatic carbocycles. The van der Waals surface area contributed by atoms with E-state index in [1.807, 2.05) is 7.05 Å². The molecule has 0 radical (unpaired) electrons. The second-order valence-electron chi connectivity index (χ2n) is 2.55. The molecule has 0 bridgehead atoms. The van der Waals surface area contributed by atoms with Crippen LogP contribution in [0.25, 0.3) is 0 Å². The molecule has 1 aliphatic heterocycles. The van der Waals surface area contributed by atoms with Gasteiger partial charge in [-0.05, 0) is 6.42 Å². The smallest absolute Gasteiger partial charge is 0.101 e. The Labute approximate surface area is 61.4 Å². The molecule has 3 heteroatoms. The summed E-state index contributed by atoms with van der Waals surface area (Å²) in [5.41, 5.74) is 0. The molecule has 0 fully saturated rings. The van der Waals surface area contributed by atoms with Gasteiger partial charge >= 0.3 is 0 Å². The molecule has 1 aliphatic rings. The van der Waals surface area contributed by atoms with Gasteiger partial charge in [0.25, 0.3) is 0 Å². The predicted octanol–water partition coefficient (Wildman–Crippen LogP) is 0.103. The summed E-state index contributed by atoms with van der Waals surface area (Å²) in [5.74, 6) is 1.05. The number of aliphatic hydroxyl groups is 1. The maximum absolute atomic E-state index is 8.63. The fourth-order valence-corrected chi connectivity index (χ4v) is 1.14. The summed E-state index contributed by atoms with van der Waals surface area (Å²) in [6.07, 6.45) is 1.85. The lowest BCUT2D eigenvalue weighted by atomic mass is 10.3. The van der Waals surface area contributed by atoms with Crippen LogP contribution in [0.15, 0.2) is 4.99 Å². The number of nitrogens with zero attached hydrogens (tertiary/aromatic N) is 2. The highest BCUT2D eigenvalue weighted by molar-refractivity contribution is 5.82. The average molecular weight is 142 g/mol. The van der Waals surface area contributed by atoms with E-state index in [4.69, 9.17) is 5.11 Å². The van der Waals surface area contributed by atoms with Crippen LogP contribution in [0.3, 0.4) is 0 Å². The Bertz CT molecular complexity index is 134. The largest absolute Gasteiger partial charge is 0.396 e. The van der Waals surface area contributed by atoms with Gasteiger partial charge in [0.05, 0.1) is 6.61 Å². The first-order chi connectivity index (χ1) is 4.84. The normalized spacial score (nSPS) is 19.0. The minimum atomic E-state index is 0.211. The van der Waals surface area contributed by atoms with E-state index in [0.29, 0.717) is 6.42 Å². The van der Waals surface area contributed by atoms with Gasteiger partial charge in [-0.15, -0.1) is 0 Å². The highest BCUT2D eigenvalue weighted by Gasteiger charge is 2.08. The summed E-state index contributed by atoms with van der Waals surface area (Å²) < 4.78 is 0. The van der Waals surface area contributed by atoms with Crippen molar-refractivity contribution in [2.24, 2.45) is 4.99 Å². The third-order valence-electron chi connectivity index (χ3n) is 1.72. The molecule has 10 heavy (non-hydrogen) atoms. The van der Waals surface area contributed by atoms with Crippen molar-refractivity contribution in [3.8, 4) is 0 Å². The number of aliphatic hydroxyl groups excluding tert-OH is 1. The van der Waals surface area contributed by atoms with Crippen molar-refractivity contribution in [3.63, 3.8) is 0 Å². The van der Waals surface area contributed by atoms with Gasteiger partial charge in [-0.1, -0.05) is 0 Å². The highest BCUT2D eigenvalue weighted by Crippen LogP contribution is 2.01. The van der Waals surface area contributed by atoms with E-state index < -0.39 is 0 Å². The van der Waals surface area contributed by atoms with Crippen LogP contribution in [0.2, 0.25) is 0 Å². The van der Waals surface area contributed by atoms with E-state index in [9.17, 15) is 0 Å². The van der Waals surface area contributed by atoms with E-state index in [1.54, 1.807) is 0 Å². The van der Waals surface area contributed by atoms with Gasteiger partial charge in [0.15, 0.2) is 0 Å². The molecule has 1 N–H and O–H groups in total. The summed E-state index contributed by atoms with van der Waals surface area (Å²) in [4.78, 5) is 6.39. The quantitative estimate of drug-likeness (QED) is 0.593. The van der Waals surface area contributed by atoms with E-state index in [2.05, 4.69) is 9.89 Å². The number of aliphatic imine (C=N–C) groups is 1. The predicted molar refractivity (Wildman–Crippen MR) is 41.3 cm³/mol. The highest BCUT2D eigenvalue weighted by atomic mass is 16.3. The van der Waals surface area contributed by atoms with Crippen molar-refractivity contribution in [2.45, 2.75) is 12.8 Å². The molecule has 1 rings (SSSR count). The van der Waals surface area contributed by atoms with Gasteiger partial charge in [0.1, 0.15) is 5.84 Å². The van der Waals surface area contributed by atoms with Gasteiger partial charge in [-0.2, -0.15) is 0 Å². The molecule has 0 saturated carbocycles. The Kier molecular flexibility index (Phi) is 2.68. The van der Waals surface area contributed by atoms with Crippen LogP contribution in [0.1, 0.15) is 12.8 Å². The molecular weight excluding hydrogens is 128 g/mol.